The average Bonchev–Trinajstić information content (AvgIpc) is 2.76. The highest BCUT2D eigenvalue weighted by atomic mass is 16.4. The minimum atomic E-state index is -0.875. The maximum Gasteiger partial charge on any atom is 0.325 e. The summed E-state index contributed by atoms with van der Waals surface area (Å²) >= 11 is 0. The number of carboxylic acids is 1. The van der Waals surface area contributed by atoms with Crippen LogP contribution in [0.2, 0.25) is 0 Å². The fourth-order valence-corrected chi connectivity index (χ4v) is 2.37. The van der Waals surface area contributed by atoms with Crippen molar-refractivity contribution in [2.24, 2.45) is 0 Å². The van der Waals surface area contributed by atoms with Crippen molar-refractivity contribution in [2.75, 3.05) is 18.0 Å². The van der Waals surface area contributed by atoms with Crippen LogP contribution in [-0.4, -0.2) is 33.9 Å². The summed E-state index contributed by atoms with van der Waals surface area (Å²) in [5.74, 6) is -0.315. The van der Waals surface area contributed by atoms with E-state index in [0.29, 0.717) is 5.92 Å². The molecule has 19 heavy (non-hydrogen) atoms. The normalized spacial score (nSPS) is 15.3. The Hall–Kier alpha value is -2.30. The van der Waals surface area contributed by atoms with Crippen LogP contribution in [-0.2, 0) is 11.3 Å². The Morgan fingerprint density at radius 1 is 1.32 bits per heavy atom. The van der Waals surface area contributed by atoms with Gasteiger partial charge in [0.1, 0.15) is 6.54 Å². The van der Waals surface area contributed by atoms with Crippen molar-refractivity contribution >= 4 is 11.7 Å². The van der Waals surface area contributed by atoms with Gasteiger partial charge in [0.05, 0.1) is 11.9 Å². The first kappa shape index (κ1) is 11.8. The Labute approximate surface area is 111 Å². The van der Waals surface area contributed by atoms with Gasteiger partial charge < -0.3 is 10.0 Å². The second-order valence-corrected chi connectivity index (χ2v) is 4.80. The second kappa shape index (κ2) is 4.76. The van der Waals surface area contributed by atoms with E-state index in [1.807, 2.05) is 6.07 Å². The molecule has 0 saturated carbocycles. The number of aliphatic carboxylic acids is 1. The van der Waals surface area contributed by atoms with Crippen molar-refractivity contribution in [2.45, 2.75) is 12.5 Å². The Morgan fingerprint density at radius 3 is 2.74 bits per heavy atom. The molecule has 0 aliphatic carbocycles. The first-order chi connectivity index (χ1) is 9.22. The van der Waals surface area contributed by atoms with Gasteiger partial charge in [0.25, 0.3) is 0 Å². The van der Waals surface area contributed by atoms with E-state index in [9.17, 15) is 4.79 Å². The third kappa shape index (κ3) is 2.45. The van der Waals surface area contributed by atoms with Crippen LogP contribution in [0.1, 0.15) is 11.5 Å². The van der Waals surface area contributed by atoms with Crippen molar-refractivity contribution in [3.8, 4) is 0 Å². The van der Waals surface area contributed by atoms with Crippen LogP contribution in [0.25, 0.3) is 0 Å². The van der Waals surface area contributed by atoms with E-state index in [-0.39, 0.29) is 6.54 Å². The van der Waals surface area contributed by atoms with Gasteiger partial charge in [-0.05, 0) is 5.56 Å². The molecule has 3 rings (SSSR count). The molecule has 0 spiro atoms. The van der Waals surface area contributed by atoms with E-state index in [1.165, 1.54) is 10.2 Å². The van der Waals surface area contributed by atoms with Gasteiger partial charge in [-0.25, -0.2) is 0 Å². The zero-order valence-corrected chi connectivity index (χ0v) is 10.4. The molecule has 1 aliphatic rings. The lowest BCUT2D eigenvalue weighted by Gasteiger charge is -2.40. The number of aromatic nitrogens is 2. The third-order valence-electron chi connectivity index (χ3n) is 3.43. The molecular formula is C14H15N3O2. The molecule has 1 aliphatic heterocycles. The molecular weight excluding hydrogens is 242 g/mol. The van der Waals surface area contributed by atoms with Crippen LogP contribution in [0.4, 0.5) is 5.69 Å². The summed E-state index contributed by atoms with van der Waals surface area (Å²) in [6.07, 6.45) is 3.51. The Balaban J connectivity index is 1.61. The fraction of sp³-hybridized carbons (Fsp3) is 0.286. The molecule has 5 nitrogen and oxygen atoms in total. The van der Waals surface area contributed by atoms with Gasteiger partial charge in [-0.2, -0.15) is 5.10 Å². The lowest BCUT2D eigenvalue weighted by Crippen LogP contribution is -2.44. The molecule has 0 amide bonds. The Morgan fingerprint density at radius 2 is 2.05 bits per heavy atom. The highest BCUT2D eigenvalue weighted by Crippen LogP contribution is 2.30. The van der Waals surface area contributed by atoms with Gasteiger partial charge in [-0.15, -0.1) is 0 Å². The lowest BCUT2D eigenvalue weighted by atomic mass is 9.91. The summed E-state index contributed by atoms with van der Waals surface area (Å²) in [6, 6.07) is 10.4. The predicted molar refractivity (Wildman–Crippen MR) is 71.3 cm³/mol. The quantitative estimate of drug-likeness (QED) is 0.903. The molecule has 1 aromatic heterocycles. The highest BCUT2D eigenvalue weighted by Gasteiger charge is 2.28. The maximum atomic E-state index is 10.6. The number of anilines is 1. The molecule has 0 unspecified atom stereocenters. The lowest BCUT2D eigenvalue weighted by molar-refractivity contribution is -0.137. The third-order valence-corrected chi connectivity index (χ3v) is 3.43. The van der Waals surface area contributed by atoms with Crippen molar-refractivity contribution in [3.63, 3.8) is 0 Å². The largest absolute Gasteiger partial charge is 0.480 e. The van der Waals surface area contributed by atoms with Crippen molar-refractivity contribution < 1.29 is 9.90 Å². The molecule has 0 radical (unpaired) electrons. The number of carbonyl (C=O) groups is 1. The minimum absolute atomic E-state index is 0.0873. The summed E-state index contributed by atoms with van der Waals surface area (Å²) in [5, 5.41) is 12.8. The summed E-state index contributed by atoms with van der Waals surface area (Å²) in [4.78, 5) is 12.8. The van der Waals surface area contributed by atoms with Crippen LogP contribution in [0.5, 0.6) is 0 Å². The molecule has 1 fully saturated rings. The van der Waals surface area contributed by atoms with Gasteiger partial charge >= 0.3 is 5.97 Å². The summed E-state index contributed by atoms with van der Waals surface area (Å²) in [7, 11) is 0. The number of carboxylic acid groups (broad SMARTS) is 1. The van der Waals surface area contributed by atoms with E-state index in [0.717, 1.165) is 18.8 Å². The Bertz CT molecular complexity index is 573. The summed E-state index contributed by atoms with van der Waals surface area (Å²) < 4.78 is 1.45. The van der Waals surface area contributed by atoms with Gasteiger partial charge in [0.2, 0.25) is 0 Å². The van der Waals surface area contributed by atoms with E-state index in [2.05, 4.69) is 34.3 Å². The molecule has 2 aromatic rings. The van der Waals surface area contributed by atoms with Gasteiger partial charge in [-0.3, -0.25) is 9.48 Å². The molecule has 5 heteroatoms. The van der Waals surface area contributed by atoms with Crippen LogP contribution >= 0.6 is 0 Å². The molecule has 1 N–H and O–H groups in total. The molecule has 0 bridgehead atoms. The smallest absolute Gasteiger partial charge is 0.325 e. The number of benzene rings is 1. The monoisotopic (exact) mass is 257 g/mol. The SMILES string of the molecule is O=C(O)Cn1cc(N2CC(c3ccccc3)C2)cn1. The number of hydrogen-bond donors (Lipinski definition) is 1. The van der Waals surface area contributed by atoms with E-state index >= 15 is 0 Å². The number of rotatable bonds is 4. The molecule has 1 saturated heterocycles. The van der Waals surface area contributed by atoms with Crippen LogP contribution in [0.15, 0.2) is 42.7 Å². The summed E-state index contributed by atoms with van der Waals surface area (Å²) in [6.45, 7) is 1.83. The average molecular weight is 257 g/mol. The second-order valence-electron chi connectivity index (χ2n) is 4.80. The zero-order chi connectivity index (χ0) is 13.2. The molecule has 0 atom stereocenters. The van der Waals surface area contributed by atoms with Gasteiger partial charge in [0.15, 0.2) is 0 Å². The zero-order valence-electron chi connectivity index (χ0n) is 10.4. The van der Waals surface area contributed by atoms with Crippen LogP contribution in [0, 0.1) is 0 Å². The first-order valence-corrected chi connectivity index (χ1v) is 6.26. The van der Waals surface area contributed by atoms with Gasteiger partial charge in [0, 0.05) is 25.2 Å². The minimum Gasteiger partial charge on any atom is -0.480 e. The van der Waals surface area contributed by atoms with Crippen LogP contribution in [0.3, 0.4) is 0 Å². The molecule has 1 aromatic carbocycles. The van der Waals surface area contributed by atoms with Gasteiger partial charge in [-0.1, -0.05) is 30.3 Å². The van der Waals surface area contributed by atoms with Crippen LogP contribution < -0.4 is 4.90 Å². The standard InChI is InChI=1S/C14H15N3O2/c18-14(19)10-17-9-13(6-15-17)16-7-12(8-16)11-4-2-1-3-5-11/h1-6,9,12H,7-8,10H2,(H,18,19). The van der Waals surface area contributed by atoms with E-state index in [1.54, 1.807) is 12.4 Å². The Kier molecular flexibility index (Phi) is 2.95. The van der Waals surface area contributed by atoms with E-state index < -0.39 is 5.97 Å². The van der Waals surface area contributed by atoms with Crippen molar-refractivity contribution in [3.05, 3.63) is 48.3 Å². The number of hydrogen-bond acceptors (Lipinski definition) is 3. The molecule has 2 heterocycles. The number of nitrogens with zero attached hydrogens (tertiary/aromatic N) is 3. The first-order valence-electron chi connectivity index (χ1n) is 6.26. The topological polar surface area (TPSA) is 58.4 Å². The van der Waals surface area contributed by atoms with Crippen molar-refractivity contribution in [1.82, 2.24) is 9.78 Å². The molecule has 98 valence electrons. The maximum absolute atomic E-state index is 10.6. The highest BCUT2D eigenvalue weighted by molar-refractivity contribution is 5.66. The summed E-state index contributed by atoms with van der Waals surface area (Å²) in [5.41, 5.74) is 2.35. The van der Waals surface area contributed by atoms with E-state index in [4.69, 9.17) is 5.11 Å². The van der Waals surface area contributed by atoms with Crippen molar-refractivity contribution in [1.29, 1.82) is 0 Å². The predicted octanol–water partition coefficient (Wildman–Crippen LogP) is 1.57. The fourth-order valence-electron chi connectivity index (χ4n) is 2.37.